The highest BCUT2D eigenvalue weighted by Gasteiger charge is 2.19. The second-order valence-corrected chi connectivity index (χ2v) is 7.28. The standard InChI is InChI=1S/C17H12ClFN2O4S/c18-11-6-7-16(14(19)9-11)26(23,24)21-13-4-1-3-12(10-13)20-17(22)15-5-2-8-25-15/h1-10,21H,(H,20,22). The molecule has 1 heterocycles. The van der Waals surface area contributed by atoms with Crippen LogP contribution in [0.15, 0.2) is 70.2 Å². The van der Waals surface area contributed by atoms with Gasteiger partial charge in [0, 0.05) is 10.7 Å². The molecule has 9 heteroatoms. The lowest BCUT2D eigenvalue weighted by molar-refractivity contribution is 0.0996. The van der Waals surface area contributed by atoms with E-state index >= 15 is 0 Å². The minimum absolute atomic E-state index is 0.0871. The average Bonchev–Trinajstić information content (AvgIpc) is 3.09. The second kappa shape index (κ2) is 7.19. The number of hydrogen-bond donors (Lipinski definition) is 2. The molecule has 0 bridgehead atoms. The van der Waals surface area contributed by atoms with Crippen LogP contribution in [0, 0.1) is 5.82 Å². The highest BCUT2D eigenvalue weighted by Crippen LogP contribution is 2.23. The molecule has 1 amide bonds. The van der Waals surface area contributed by atoms with Gasteiger partial charge in [0.15, 0.2) is 5.76 Å². The third-order valence-electron chi connectivity index (χ3n) is 3.30. The zero-order valence-electron chi connectivity index (χ0n) is 13.1. The Labute approximate surface area is 153 Å². The van der Waals surface area contributed by atoms with E-state index in [1.165, 1.54) is 36.6 Å². The fourth-order valence-corrected chi connectivity index (χ4v) is 3.43. The number of hydrogen-bond acceptors (Lipinski definition) is 4. The highest BCUT2D eigenvalue weighted by atomic mass is 35.5. The van der Waals surface area contributed by atoms with Gasteiger partial charge in [0.1, 0.15) is 10.7 Å². The summed E-state index contributed by atoms with van der Waals surface area (Å²) in [6.45, 7) is 0. The number of nitrogens with one attached hydrogen (secondary N) is 2. The van der Waals surface area contributed by atoms with Crippen LogP contribution in [0.1, 0.15) is 10.6 Å². The van der Waals surface area contributed by atoms with Crippen molar-refractivity contribution in [2.24, 2.45) is 0 Å². The van der Waals surface area contributed by atoms with Crippen LogP contribution in [0.3, 0.4) is 0 Å². The first-order valence-electron chi connectivity index (χ1n) is 7.28. The van der Waals surface area contributed by atoms with Gasteiger partial charge in [-0.3, -0.25) is 9.52 Å². The predicted octanol–water partition coefficient (Wildman–Crippen LogP) is 4.13. The van der Waals surface area contributed by atoms with E-state index in [0.29, 0.717) is 5.69 Å². The molecule has 2 aromatic carbocycles. The quantitative estimate of drug-likeness (QED) is 0.681. The summed E-state index contributed by atoms with van der Waals surface area (Å²) in [7, 11) is -4.16. The van der Waals surface area contributed by atoms with Crippen LogP contribution in [0.2, 0.25) is 5.02 Å². The monoisotopic (exact) mass is 394 g/mol. The molecular formula is C17H12ClFN2O4S. The lowest BCUT2D eigenvalue weighted by Gasteiger charge is -2.11. The molecule has 0 aliphatic carbocycles. The number of halogens is 2. The number of sulfonamides is 1. The Bertz CT molecular complexity index is 1050. The summed E-state index contributed by atoms with van der Waals surface area (Å²) >= 11 is 5.64. The van der Waals surface area contributed by atoms with Crippen molar-refractivity contribution in [3.05, 3.63) is 77.5 Å². The van der Waals surface area contributed by atoms with Crippen molar-refractivity contribution < 1.29 is 22.0 Å². The van der Waals surface area contributed by atoms with Gasteiger partial charge in [-0.1, -0.05) is 17.7 Å². The van der Waals surface area contributed by atoms with Gasteiger partial charge in [-0.25, -0.2) is 12.8 Å². The van der Waals surface area contributed by atoms with E-state index in [4.69, 9.17) is 16.0 Å². The van der Waals surface area contributed by atoms with Gasteiger partial charge in [0.2, 0.25) is 0 Å². The van der Waals surface area contributed by atoms with Gasteiger partial charge in [-0.2, -0.15) is 0 Å². The lowest BCUT2D eigenvalue weighted by atomic mass is 10.3. The summed E-state index contributed by atoms with van der Waals surface area (Å²) < 4.78 is 45.8. The first kappa shape index (κ1) is 18.0. The summed E-state index contributed by atoms with van der Waals surface area (Å²) in [5.41, 5.74) is 0.486. The maximum Gasteiger partial charge on any atom is 0.291 e. The van der Waals surface area contributed by atoms with Crippen LogP contribution in [0.25, 0.3) is 0 Å². The van der Waals surface area contributed by atoms with Crippen molar-refractivity contribution in [3.63, 3.8) is 0 Å². The highest BCUT2D eigenvalue weighted by molar-refractivity contribution is 7.92. The minimum Gasteiger partial charge on any atom is -0.459 e. The molecule has 3 rings (SSSR count). The van der Waals surface area contributed by atoms with Gasteiger partial charge < -0.3 is 9.73 Å². The Morgan fingerprint density at radius 1 is 1.04 bits per heavy atom. The summed E-state index contributed by atoms with van der Waals surface area (Å²) in [4.78, 5) is 11.4. The fraction of sp³-hybridized carbons (Fsp3) is 0. The SMILES string of the molecule is O=C(Nc1cccc(NS(=O)(=O)c2ccc(Cl)cc2F)c1)c1ccco1. The Hall–Kier alpha value is -2.84. The molecule has 0 saturated heterocycles. The Morgan fingerprint density at radius 2 is 1.81 bits per heavy atom. The first-order valence-corrected chi connectivity index (χ1v) is 9.14. The van der Waals surface area contributed by atoms with E-state index in [0.717, 1.165) is 12.1 Å². The minimum atomic E-state index is -4.16. The number of carbonyl (C=O) groups is 1. The third-order valence-corrected chi connectivity index (χ3v) is 4.95. The summed E-state index contributed by atoms with van der Waals surface area (Å²) in [6, 6.07) is 12.3. The van der Waals surface area contributed by atoms with Crippen molar-refractivity contribution >= 4 is 38.9 Å². The van der Waals surface area contributed by atoms with Crippen LogP contribution < -0.4 is 10.0 Å². The van der Waals surface area contributed by atoms with Crippen LogP contribution in [-0.4, -0.2) is 14.3 Å². The molecule has 0 aliphatic heterocycles. The van der Waals surface area contributed by atoms with Gasteiger partial charge >= 0.3 is 0 Å². The summed E-state index contributed by atoms with van der Waals surface area (Å²) in [5, 5.41) is 2.66. The van der Waals surface area contributed by atoms with Gasteiger partial charge in [-0.05, 0) is 48.5 Å². The number of rotatable bonds is 5. The molecule has 0 fully saturated rings. The molecular weight excluding hydrogens is 383 g/mol. The number of furan rings is 1. The molecule has 0 unspecified atom stereocenters. The zero-order chi connectivity index (χ0) is 18.7. The van der Waals surface area contributed by atoms with Crippen LogP contribution in [-0.2, 0) is 10.0 Å². The summed E-state index contributed by atoms with van der Waals surface area (Å²) in [5.74, 6) is -1.34. The van der Waals surface area contributed by atoms with Gasteiger partial charge in [0.25, 0.3) is 15.9 Å². The molecule has 2 N–H and O–H groups in total. The third kappa shape index (κ3) is 4.04. The maximum absolute atomic E-state index is 13.9. The number of anilines is 2. The topological polar surface area (TPSA) is 88.4 Å². The largest absolute Gasteiger partial charge is 0.459 e. The van der Waals surface area contributed by atoms with Gasteiger partial charge in [0.05, 0.1) is 12.0 Å². The molecule has 0 saturated carbocycles. The van der Waals surface area contributed by atoms with Crippen molar-refractivity contribution in [1.29, 1.82) is 0 Å². The Balaban J connectivity index is 1.81. The molecule has 0 aliphatic rings. The molecule has 6 nitrogen and oxygen atoms in total. The Morgan fingerprint density at radius 3 is 2.50 bits per heavy atom. The van der Waals surface area contributed by atoms with E-state index in [9.17, 15) is 17.6 Å². The fourth-order valence-electron chi connectivity index (χ4n) is 2.16. The van der Waals surface area contributed by atoms with E-state index in [1.807, 2.05) is 0 Å². The second-order valence-electron chi connectivity index (χ2n) is 5.19. The van der Waals surface area contributed by atoms with Gasteiger partial charge in [-0.15, -0.1) is 0 Å². The van der Waals surface area contributed by atoms with E-state index in [2.05, 4.69) is 10.0 Å². The zero-order valence-corrected chi connectivity index (χ0v) is 14.6. The average molecular weight is 395 g/mol. The molecule has 26 heavy (non-hydrogen) atoms. The van der Waals surface area contributed by atoms with Crippen molar-refractivity contribution in [2.45, 2.75) is 4.90 Å². The van der Waals surface area contributed by atoms with E-state index in [1.54, 1.807) is 12.1 Å². The van der Waals surface area contributed by atoms with Crippen molar-refractivity contribution in [3.8, 4) is 0 Å². The van der Waals surface area contributed by atoms with Crippen LogP contribution >= 0.6 is 11.6 Å². The van der Waals surface area contributed by atoms with Crippen molar-refractivity contribution in [2.75, 3.05) is 10.0 Å². The van der Waals surface area contributed by atoms with Crippen molar-refractivity contribution in [1.82, 2.24) is 0 Å². The number of amides is 1. The normalized spacial score (nSPS) is 11.2. The maximum atomic E-state index is 13.9. The summed E-state index contributed by atoms with van der Waals surface area (Å²) in [6.07, 6.45) is 1.36. The first-order chi connectivity index (χ1) is 12.3. The molecule has 0 radical (unpaired) electrons. The molecule has 3 aromatic rings. The Kier molecular flexibility index (Phi) is 4.97. The van der Waals surface area contributed by atoms with Crippen LogP contribution in [0.4, 0.5) is 15.8 Å². The molecule has 0 spiro atoms. The van der Waals surface area contributed by atoms with E-state index < -0.39 is 26.6 Å². The predicted molar refractivity (Wildman–Crippen MR) is 95.3 cm³/mol. The smallest absolute Gasteiger partial charge is 0.291 e. The lowest BCUT2D eigenvalue weighted by Crippen LogP contribution is -2.15. The number of carbonyl (C=O) groups excluding carboxylic acids is 1. The molecule has 0 atom stereocenters. The molecule has 1 aromatic heterocycles. The van der Waals surface area contributed by atoms with Crippen LogP contribution in [0.5, 0.6) is 0 Å². The number of benzene rings is 2. The molecule has 134 valence electrons. The van der Waals surface area contributed by atoms with E-state index in [-0.39, 0.29) is 16.5 Å².